The number of nitrogens with one attached hydrogen (secondary N) is 2. The van der Waals surface area contributed by atoms with Crippen LogP contribution >= 0.6 is 23.5 Å². The molecule has 1 unspecified atom stereocenters. The van der Waals surface area contributed by atoms with Crippen LogP contribution in [0.4, 0.5) is 16.2 Å². The first-order valence-electron chi connectivity index (χ1n) is 10.7. The molecule has 0 aromatic carbocycles. The molecule has 2 aromatic rings. The minimum absolute atomic E-state index is 0.173. The highest BCUT2D eigenvalue weighted by Gasteiger charge is 2.30. The molecule has 3 heterocycles. The van der Waals surface area contributed by atoms with Gasteiger partial charge in [0.25, 0.3) is 0 Å². The molecule has 2 fully saturated rings. The molecule has 1 saturated carbocycles. The largest absolute Gasteiger partial charge is 0.330 e. The van der Waals surface area contributed by atoms with Crippen molar-refractivity contribution in [1.29, 1.82) is 0 Å². The lowest BCUT2D eigenvalue weighted by molar-refractivity contribution is 0.253. The van der Waals surface area contributed by atoms with Gasteiger partial charge in [0.05, 0.1) is 35.7 Å². The molecular weight excluding hydrogens is 416 g/mol. The van der Waals surface area contributed by atoms with Crippen LogP contribution in [-0.2, 0) is 7.05 Å². The topological polar surface area (TPSA) is 65.4 Å². The summed E-state index contributed by atoms with van der Waals surface area (Å²) in [6.45, 7) is 6.50. The summed E-state index contributed by atoms with van der Waals surface area (Å²) in [5.74, 6) is 1.10. The minimum atomic E-state index is -0.173. The highest BCUT2D eigenvalue weighted by molar-refractivity contribution is 7.99. The van der Waals surface area contributed by atoms with Crippen molar-refractivity contribution in [2.24, 2.45) is 7.05 Å². The lowest BCUT2D eigenvalue weighted by Gasteiger charge is -2.37. The predicted molar refractivity (Wildman–Crippen MR) is 126 cm³/mol. The molecule has 2 amide bonds. The summed E-state index contributed by atoms with van der Waals surface area (Å²) in [5, 5.41) is 7.44. The number of urea groups is 1. The Labute approximate surface area is 187 Å². The molecular formula is C21H32N6OS2. The van der Waals surface area contributed by atoms with Gasteiger partial charge in [-0.2, -0.15) is 5.10 Å². The maximum atomic E-state index is 12.8. The van der Waals surface area contributed by atoms with Gasteiger partial charge >= 0.3 is 6.03 Å². The van der Waals surface area contributed by atoms with E-state index in [1.807, 2.05) is 30.8 Å². The number of piperidine rings is 1. The zero-order valence-electron chi connectivity index (χ0n) is 18.2. The van der Waals surface area contributed by atoms with Crippen molar-refractivity contribution >= 4 is 40.9 Å². The minimum Gasteiger partial charge on any atom is -0.306 e. The summed E-state index contributed by atoms with van der Waals surface area (Å²) in [6, 6.07) is 2.31. The first-order valence-corrected chi connectivity index (χ1v) is 12.3. The molecule has 1 aliphatic carbocycles. The molecule has 1 aliphatic heterocycles. The summed E-state index contributed by atoms with van der Waals surface area (Å²) in [6.07, 6.45) is 8.58. The number of anilines is 2. The standard InChI is InChI=1S/C21H32N6OS2/c1-14(2)19-10-18(20(29-19)15-7-8-15)23-21(28)24-30-27(17-11-22-26(4)13-17)16-6-5-9-25(3)12-16/h10-11,13-16H,5-9,12H2,1-4H3,(H2,23,24,28). The summed E-state index contributed by atoms with van der Waals surface area (Å²) in [7, 11) is 4.07. The fourth-order valence-electron chi connectivity index (χ4n) is 3.88. The molecule has 0 bridgehead atoms. The van der Waals surface area contributed by atoms with Crippen molar-refractivity contribution in [3.05, 3.63) is 28.2 Å². The summed E-state index contributed by atoms with van der Waals surface area (Å²) >= 11 is 3.21. The summed E-state index contributed by atoms with van der Waals surface area (Å²) < 4.78 is 7.01. The lowest BCUT2D eigenvalue weighted by Crippen LogP contribution is -2.45. The lowest BCUT2D eigenvalue weighted by atomic mass is 10.1. The highest BCUT2D eigenvalue weighted by Crippen LogP contribution is 2.48. The number of carbonyl (C=O) groups is 1. The van der Waals surface area contributed by atoms with Gasteiger partial charge < -0.3 is 10.2 Å². The van der Waals surface area contributed by atoms with Gasteiger partial charge in [-0.1, -0.05) is 13.8 Å². The maximum Gasteiger partial charge on any atom is 0.330 e. The Morgan fingerprint density at radius 3 is 2.77 bits per heavy atom. The Morgan fingerprint density at radius 1 is 1.33 bits per heavy atom. The number of rotatable bonds is 7. The van der Waals surface area contributed by atoms with E-state index in [1.54, 1.807) is 4.68 Å². The number of hydrogen-bond acceptors (Lipinski definition) is 6. The van der Waals surface area contributed by atoms with Crippen LogP contribution in [-0.4, -0.2) is 46.9 Å². The third kappa shape index (κ3) is 5.12. The molecule has 2 aliphatic rings. The van der Waals surface area contributed by atoms with E-state index in [0.717, 1.165) is 37.3 Å². The molecule has 164 valence electrons. The van der Waals surface area contributed by atoms with Crippen LogP contribution in [0, 0.1) is 0 Å². The van der Waals surface area contributed by atoms with Crippen molar-refractivity contribution < 1.29 is 4.79 Å². The van der Waals surface area contributed by atoms with Gasteiger partial charge in [-0.15, -0.1) is 11.3 Å². The number of aromatic nitrogens is 2. The average molecular weight is 449 g/mol. The number of aryl methyl sites for hydroxylation is 1. The van der Waals surface area contributed by atoms with E-state index < -0.39 is 0 Å². The molecule has 4 rings (SSSR count). The molecule has 0 spiro atoms. The number of likely N-dealkylation sites (tertiary alicyclic amines) is 1. The van der Waals surface area contributed by atoms with Crippen LogP contribution < -0.4 is 14.3 Å². The van der Waals surface area contributed by atoms with E-state index in [-0.39, 0.29) is 6.03 Å². The van der Waals surface area contributed by atoms with Gasteiger partial charge in [-0.05, 0) is 57.2 Å². The number of likely N-dealkylation sites (N-methyl/N-ethyl adjacent to an activating group) is 1. The first kappa shape index (κ1) is 21.5. The van der Waals surface area contributed by atoms with Crippen LogP contribution in [0.25, 0.3) is 0 Å². The second-order valence-corrected chi connectivity index (χ2v) is 10.7. The Kier molecular flexibility index (Phi) is 6.60. The van der Waals surface area contributed by atoms with Crippen LogP contribution in [0.1, 0.15) is 61.1 Å². The fraction of sp³-hybridized carbons (Fsp3) is 0.619. The van der Waals surface area contributed by atoms with E-state index in [2.05, 4.69) is 51.3 Å². The quantitative estimate of drug-likeness (QED) is 0.598. The molecule has 1 saturated heterocycles. The van der Waals surface area contributed by atoms with E-state index in [1.165, 1.54) is 34.7 Å². The van der Waals surface area contributed by atoms with Crippen LogP contribution in [0.5, 0.6) is 0 Å². The van der Waals surface area contributed by atoms with Gasteiger partial charge in [0.1, 0.15) is 0 Å². The van der Waals surface area contributed by atoms with Crippen LogP contribution in [0.15, 0.2) is 18.5 Å². The Balaban J connectivity index is 1.43. The van der Waals surface area contributed by atoms with E-state index >= 15 is 0 Å². The van der Waals surface area contributed by atoms with Crippen LogP contribution in [0.3, 0.4) is 0 Å². The zero-order valence-corrected chi connectivity index (χ0v) is 19.9. The van der Waals surface area contributed by atoms with E-state index in [4.69, 9.17) is 0 Å². The van der Waals surface area contributed by atoms with Crippen molar-refractivity contribution in [2.75, 3.05) is 29.8 Å². The van der Waals surface area contributed by atoms with Gasteiger partial charge in [0.2, 0.25) is 0 Å². The van der Waals surface area contributed by atoms with Gasteiger partial charge in [-0.3, -0.25) is 13.7 Å². The summed E-state index contributed by atoms with van der Waals surface area (Å²) in [4.78, 5) is 17.8. The van der Waals surface area contributed by atoms with Crippen molar-refractivity contribution in [2.45, 2.75) is 57.4 Å². The number of thiophene rings is 1. The molecule has 2 aromatic heterocycles. The highest BCUT2D eigenvalue weighted by atomic mass is 32.2. The van der Waals surface area contributed by atoms with Crippen molar-refractivity contribution in [3.63, 3.8) is 0 Å². The number of nitrogens with zero attached hydrogens (tertiary/aromatic N) is 4. The third-order valence-corrected chi connectivity index (χ3v) is 8.24. The number of carbonyl (C=O) groups excluding carboxylic acids is 1. The number of amides is 2. The fourth-order valence-corrected chi connectivity index (χ4v) is 5.93. The third-order valence-electron chi connectivity index (χ3n) is 5.66. The summed E-state index contributed by atoms with van der Waals surface area (Å²) in [5.41, 5.74) is 1.99. The predicted octanol–water partition coefficient (Wildman–Crippen LogP) is 4.77. The Morgan fingerprint density at radius 2 is 2.13 bits per heavy atom. The van der Waals surface area contributed by atoms with Gasteiger partial charge in [-0.25, -0.2) is 4.79 Å². The number of hydrogen-bond donors (Lipinski definition) is 2. The van der Waals surface area contributed by atoms with E-state index in [9.17, 15) is 4.79 Å². The molecule has 1 atom stereocenters. The van der Waals surface area contributed by atoms with Crippen molar-refractivity contribution in [1.82, 2.24) is 19.4 Å². The average Bonchev–Trinajstić information content (AvgIpc) is 3.32. The molecule has 30 heavy (non-hydrogen) atoms. The smallest absolute Gasteiger partial charge is 0.306 e. The molecule has 2 N–H and O–H groups in total. The zero-order chi connectivity index (χ0) is 21.3. The normalized spacial score (nSPS) is 19.8. The van der Waals surface area contributed by atoms with Gasteiger partial charge in [0, 0.05) is 29.5 Å². The molecule has 9 heteroatoms. The molecule has 0 radical (unpaired) electrons. The van der Waals surface area contributed by atoms with Gasteiger partial charge in [0.15, 0.2) is 0 Å². The second-order valence-electron chi connectivity index (χ2n) is 8.76. The maximum absolute atomic E-state index is 12.8. The van der Waals surface area contributed by atoms with Crippen LogP contribution in [0.2, 0.25) is 0 Å². The first-order chi connectivity index (χ1) is 14.4. The van der Waals surface area contributed by atoms with Crippen molar-refractivity contribution in [3.8, 4) is 0 Å². The molecule has 7 nitrogen and oxygen atoms in total. The van der Waals surface area contributed by atoms with E-state index in [0.29, 0.717) is 17.9 Å². The monoisotopic (exact) mass is 448 g/mol. The SMILES string of the molecule is CC(C)c1cc(NC(=O)NSN(c2cnn(C)c2)C2CCCN(C)C2)c(C2CC2)s1. The Bertz CT molecular complexity index is 875. The second kappa shape index (κ2) is 9.20. The Hall–Kier alpha value is -1.71.